The van der Waals surface area contributed by atoms with Crippen molar-refractivity contribution in [3.8, 4) is 5.75 Å². The van der Waals surface area contributed by atoms with Crippen LogP contribution in [-0.2, 0) is 0 Å². The Morgan fingerprint density at radius 3 is 2.09 bits per heavy atom. The van der Waals surface area contributed by atoms with Gasteiger partial charge in [-0.3, -0.25) is 9.59 Å². The Hall–Kier alpha value is -2.42. The molecular weight excluding hydrogens is 288 g/mol. The van der Waals surface area contributed by atoms with E-state index in [4.69, 9.17) is 4.74 Å². The van der Waals surface area contributed by atoms with Crippen LogP contribution in [-0.4, -0.2) is 18.7 Å². The number of Topliss-reactive ketones (excluding diaryl/α,β-unsaturated/α-hetero) is 2. The Kier molecular flexibility index (Phi) is 5.32. The van der Waals surface area contributed by atoms with Crippen LogP contribution in [0.5, 0.6) is 5.75 Å². The molecule has 0 N–H and O–H groups in total. The van der Waals surface area contributed by atoms with E-state index in [0.717, 1.165) is 11.3 Å². The van der Waals surface area contributed by atoms with Crippen LogP contribution >= 0.6 is 0 Å². The number of methoxy groups -OCH3 is 1. The van der Waals surface area contributed by atoms with E-state index in [-0.39, 0.29) is 23.4 Å². The molecule has 3 nitrogen and oxygen atoms in total. The molecule has 2 aromatic carbocycles. The van der Waals surface area contributed by atoms with E-state index in [1.807, 2.05) is 39.0 Å². The van der Waals surface area contributed by atoms with Gasteiger partial charge in [-0.25, -0.2) is 0 Å². The van der Waals surface area contributed by atoms with Crippen molar-refractivity contribution in [3.05, 3.63) is 65.2 Å². The van der Waals surface area contributed by atoms with Crippen LogP contribution in [0.1, 0.15) is 53.0 Å². The zero-order valence-corrected chi connectivity index (χ0v) is 14.0. The molecule has 1 unspecified atom stereocenters. The van der Waals surface area contributed by atoms with Crippen LogP contribution < -0.4 is 4.74 Å². The Balaban J connectivity index is 2.25. The minimum absolute atomic E-state index is 0.0294. The monoisotopic (exact) mass is 310 g/mol. The Labute approximate surface area is 137 Å². The fourth-order valence-electron chi connectivity index (χ4n) is 2.45. The number of ketones is 2. The molecule has 0 saturated carbocycles. The average Bonchev–Trinajstić information content (AvgIpc) is 2.59. The van der Waals surface area contributed by atoms with Gasteiger partial charge in [0.05, 0.1) is 7.11 Å². The lowest BCUT2D eigenvalue weighted by atomic mass is 9.90. The van der Waals surface area contributed by atoms with Gasteiger partial charge < -0.3 is 4.74 Å². The lowest BCUT2D eigenvalue weighted by Crippen LogP contribution is -2.12. The number of carbonyl (C=O) groups is 2. The third kappa shape index (κ3) is 3.86. The summed E-state index contributed by atoms with van der Waals surface area (Å²) in [6.07, 6.45) is 0. The van der Waals surface area contributed by atoms with Crippen molar-refractivity contribution in [2.75, 3.05) is 7.11 Å². The summed E-state index contributed by atoms with van der Waals surface area (Å²) < 4.78 is 5.11. The zero-order valence-electron chi connectivity index (χ0n) is 14.0. The maximum absolute atomic E-state index is 12.6. The summed E-state index contributed by atoms with van der Waals surface area (Å²) in [4.78, 5) is 24.8. The number of carbonyl (C=O) groups excluding carboxylic acids is 2. The van der Waals surface area contributed by atoms with Crippen LogP contribution in [0, 0.1) is 5.92 Å². The highest BCUT2D eigenvalue weighted by molar-refractivity contribution is 6.02. The SMILES string of the molecule is COc1ccc(C(=O)C(C)c2cccc(C(=O)C(C)C)c2)cc1. The highest BCUT2D eigenvalue weighted by Crippen LogP contribution is 2.23. The highest BCUT2D eigenvalue weighted by Gasteiger charge is 2.19. The molecule has 2 rings (SSSR count). The van der Waals surface area contributed by atoms with E-state index < -0.39 is 0 Å². The van der Waals surface area contributed by atoms with Gasteiger partial charge in [0.2, 0.25) is 0 Å². The van der Waals surface area contributed by atoms with Crippen molar-refractivity contribution in [2.24, 2.45) is 5.92 Å². The number of ether oxygens (including phenoxy) is 1. The topological polar surface area (TPSA) is 43.4 Å². The van der Waals surface area contributed by atoms with Crippen LogP contribution in [0.15, 0.2) is 48.5 Å². The summed E-state index contributed by atoms with van der Waals surface area (Å²) in [5.74, 6) is 0.484. The number of hydrogen-bond donors (Lipinski definition) is 0. The molecule has 0 heterocycles. The van der Waals surface area contributed by atoms with Crippen LogP contribution in [0.4, 0.5) is 0 Å². The Morgan fingerprint density at radius 1 is 0.870 bits per heavy atom. The molecule has 1 atom stereocenters. The van der Waals surface area contributed by atoms with E-state index in [0.29, 0.717) is 11.1 Å². The van der Waals surface area contributed by atoms with E-state index in [1.165, 1.54) is 0 Å². The molecular formula is C20H22O3. The second-order valence-corrected chi connectivity index (χ2v) is 5.96. The largest absolute Gasteiger partial charge is 0.497 e. The molecule has 120 valence electrons. The van der Waals surface area contributed by atoms with Gasteiger partial charge in [-0.1, -0.05) is 39.0 Å². The van der Waals surface area contributed by atoms with Gasteiger partial charge in [0.25, 0.3) is 0 Å². The number of benzene rings is 2. The summed E-state index contributed by atoms with van der Waals surface area (Å²) in [5, 5.41) is 0. The van der Waals surface area contributed by atoms with Crippen molar-refractivity contribution in [1.29, 1.82) is 0 Å². The average molecular weight is 310 g/mol. The Bertz CT molecular complexity index is 699. The molecule has 0 aliphatic rings. The standard InChI is InChI=1S/C20H22O3/c1-13(2)19(21)17-7-5-6-16(12-17)14(3)20(22)15-8-10-18(23-4)11-9-15/h5-14H,1-4H3. The molecule has 0 radical (unpaired) electrons. The molecule has 0 bridgehead atoms. The summed E-state index contributed by atoms with van der Waals surface area (Å²) in [6.45, 7) is 5.62. The van der Waals surface area contributed by atoms with E-state index in [2.05, 4.69) is 0 Å². The maximum Gasteiger partial charge on any atom is 0.170 e. The van der Waals surface area contributed by atoms with E-state index in [1.54, 1.807) is 37.4 Å². The smallest absolute Gasteiger partial charge is 0.170 e. The predicted octanol–water partition coefficient (Wildman–Crippen LogP) is 4.52. The molecule has 0 aromatic heterocycles. The van der Waals surface area contributed by atoms with Gasteiger partial charge in [-0.05, 0) is 35.9 Å². The lowest BCUT2D eigenvalue weighted by Gasteiger charge is -2.13. The molecule has 0 amide bonds. The van der Waals surface area contributed by atoms with E-state index >= 15 is 0 Å². The van der Waals surface area contributed by atoms with Crippen LogP contribution in [0.2, 0.25) is 0 Å². The van der Waals surface area contributed by atoms with Crippen LogP contribution in [0.25, 0.3) is 0 Å². The van der Waals surface area contributed by atoms with Gasteiger partial charge in [0.1, 0.15) is 5.75 Å². The summed E-state index contributed by atoms with van der Waals surface area (Å²) >= 11 is 0. The van der Waals surface area contributed by atoms with Gasteiger partial charge in [0, 0.05) is 23.0 Å². The second kappa shape index (κ2) is 7.23. The third-order valence-electron chi connectivity index (χ3n) is 3.96. The summed E-state index contributed by atoms with van der Waals surface area (Å²) in [5.41, 5.74) is 2.16. The second-order valence-electron chi connectivity index (χ2n) is 5.96. The number of rotatable bonds is 6. The van der Waals surface area contributed by atoms with Crippen molar-refractivity contribution in [1.82, 2.24) is 0 Å². The molecule has 0 aliphatic carbocycles. The molecule has 0 saturated heterocycles. The van der Waals surface area contributed by atoms with E-state index in [9.17, 15) is 9.59 Å². The zero-order chi connectivity index (χ0) is 17.0. The van der Waals surface area contributed by atoms with Crippen molar-refractivity contribution in [2.45, 2.75) is 26.7 Å². The normalized spacial score (nSPS) is 12.0. The van der Waals surface area contributed by atoms with Crippen molar-refractivity contribution in [3.63, 3.8) is 0 Å². The van der Waals surface area contributed by atoms with Crippen molar-refractivity contribution < 1.29 is 14.3 Å². The van der Waals surface area contributed by atoms with Gasteiger partial charge in [-0.15, -0.1) is 0 Å². The maximum atomic E-state index is 12.6. The summed E-state index contributed by atoms with van der Waals surface area (Å²) in [7, 11) is 1.59. The summed E-state index contributed by atoms with van der Waals surface area (Å²) in [6, 6.07) is 14.4. The molecule has 0 fully saturated rings. The predicted molar refractivity (Wildman–Crippen MR) is 91.4 cm³/mol. The molecule has 23 heavy (non-hydrogen) atoms. The first-order valence-electron chi connectivity index (χ1n) is 7.76. The fraction of sp³-hybridized carbons (Fsp3) is 0.300. The third-order valence-corrected chi connectivity index (χ3v) is 3.96. The molecule has 2 aromatic rings. The first-order chi connectivity index (χ1) is 10.9. The first-order valence-corrected chi connectivity index (χ1v) is 7.76. The van der Waals surface area contributed by atoms with Gasteiger partial charge in [0.15, 0.2) is 11.6 Å². The lowest BCUT2D eigenvalue weighted by molar-refractivity contribution is 0.0935. The molecule has 0 spiro atoms. The number of hydrogen-bond acceptors (Lipinski definition) is 3. The minimum atomic E-state index is -0.302. The quantitative estimate of drug-likeness (QED) is 0.737. The molecule has 3 heteroatoms. The minimum Gasteiger partial charge on any atom is -0.497 e. The van der Waals surface area contributed by atoms with Gasteiger partial charge in [-0.2, -0.15) is 0 Å². The molecule has 0 aliphatic heterocycles. The fourth-order valence-corrected chi connectivity index (χ4v) is 2.45. The van der Waals surface area contributed by atoms with Crippen molar-refractivity contribution >= 4 is 11.6 Å². The van der Waals surface area contributed by atoms with Crippen LogP contribution in [0.3, 0.4) is 0 Å². The highest BCUT2D eigenvalue weighted by atomic mass is 16.5. The first kappa shape index (κ1) is 16.9. The van der Waals surface area contributed by atoms with Gasteiger partial charge >= 0.3 is 0 Å². The Morgan fingerprint density at radius 2 is 1.52 bits per heavy atom.